The molecule has 0 unspecified atom stereocenters. The number of anilines is 2. The third kappa shape index (κ3) is 6.60. The van der Waals surface area contributed by atoms with Crippen molar-refractivity contribution in [1.29, 1.82) is 0 Å². The van der Waals surface area contributed by atoms with Crippen LogP contribution in [-0.2, 0) is 16.0 Å². The van der Waals surface area contributed by atoms with E-state index in [2.05, 4.69) is 51.7 Å². The fourth-order valence-corrected chi connectivity index (χ4v) is 3.70. The predicted molar refractivity (Wildman–Crippen MR) is 124 cm³/mol. The number of rotatable bonds is 7. The Labute approximate surface area is 188 Å². The number of hydrogen-bond donors (Lipinski definition) is 2. The summed E-state index contributed by atoms with van der Waals surface area (Å²) in [7, 11) is 3.66. The Bertz CT molecular complexity index is 896. The maximum Gasteiger partial charge on any atom is 0.313 e. The molecular formula is C23H29ClN4O3. The van der Waals surface area contributed by atoms with Crippen LogP contribution < -0.4 is 20.3 Å². The molecule has 0 bridgehead atoms. The summed E-state index contributed by atoms with van der Waals surface area (Å²) < 4.78 is 5.07. The number of benzene rings is 2. The topological polar surface area (TPSA) is 73.9 Å². The van der Waals surface area contributed by atoms with E-state index < -0.39 is 11.8 Å². The van der Waals surface area contributed by atoms with E-state index in [0.717, 1.165) is 39.0 Å². The van der Waals surface area contributed by atoms with E-state index in [1.807, 2.05) is 0 Å². The highest BCUT2D eigenvalue weighted by molar-refractivity contribution is 6.40. The van der Waals surface area contributed by atoms with Crippen molar-refractivity contribution in [3.05, 3.63) is 53.1 Å². The molecule has 166 valence electrons. The monoisotopic (exact) mass is 444 g/mol. The number of piperazine rings is 1. The lowest BCUT2D eigenvalue weighted by molar-refractivity contribution is -0.136. The predicted octanol–water partition coefficient (Wildman–Crippen LogP) is 2.79. The Balaban J connectivity index is 1.38. The van der Waals surface area contributed by atoms with Crippen LogP contribution in [0.25, 0.3) is 0 Å². The summed E-state index contributed by atoms with van der Waals surface area (Å²) in [6.45, 7) is 4.69. The van der Waals surface area contributed by atoms with Gasteiger partial charge in [-0.3, -0.25) is 9.59 Å². The lowest BCUT2D eigenvalue weighted by Gasteiger charge is -2.34. The largest absolute Gasteiger partial charge is 0.495 e. The molecule has 8 heteroatoms. The Morgan fingerprint density at radius 1 is 1.03 bits per heavy atom. The molecule has 0 aliphatic carbocycles. The summed E-state index contributed by atoms with van der Waals surface area (Å²) in [6, 6.07) is 13.4. The number of carbonyl (C=O) groups is 2. The molecule has 0 radical (unpaired) electrons. The number of aryl methyl sites for hydroxylation is 1. The number of methoxy groups -OCH3 is 1. The molecule has 1 saturated heterocycles. The van der Waals surface area contributed by atoms with Crippen molar-refractivity contribution in [3.8, 4) is 5.75 Å². The van der Waals surface area contributed by atoms with Crippen molar-refractivity contribution in [3.63, 3.8) is 0 Å². The second kappa shape index (κ2) is 11.0. The first-order valence-corrected chi connectivity index (χ1v) is 10.8. The van der Waals surface area contributed by atoms with Crippen molar-refractivity contribution in [2.24, 2.45) is 0 Å². The first-order chi connectivity index (χ1) is 15.0. The zero-order chi connectivity index (χ0) is 22.2. The molecule has 1 fully saturated rings. The molecule has 3 rings (SSSR count). The Morgan fingerprint density at radius 3 is 2.39 bits per heavy atom. The van der Waals surface area contributed by atoms with Crippen LogP contribution in [0.3, 0.4) is 0 Å². The van der Waals surface area contributed by atoms with Crippen LogP contribution in [0.5, 0.6) is 5.75 Å². The molecule has 7 nitrogen and oxygen atoms in total. The molecule has 0 aromatic heterocycles. The summed E-state index contributed by atoms with van der Waals surface area (Å²) in [4.78, 5) is 28.8. The highest BCUT2D eigenvalue weighted by Crippen LogP contribution is 2.27. The Morgan fingerprint density at radius 2 is 1.74 bits per heavy atom. The van der Waals surface area contributed by atoms with Crippen molar-refractivity contribution < 1.29 is 14.3 Å². The molecule has 1 heterocycles. The van der Waals surface area contributed by atoms with E-state index in [0.29, 0.717) is 23.0 Å². The number of likely N-dealkylation sites (N-methyl/N-ethyl adjacent to an activating group) is 1. The first kappa shape index (κ1) is 22.9. The quantitative estimate of drug-likeness (QED) is 0.507. The molecule has 2 N–H and O–H groups in total. The molecule has 1 aliphatic heterocycles. The minimum absolute atomic E-state index is 0.361. The zero-order valence-electron chi connectivity index (χ0n) is 18.0. The van der Waals surface area contributed by atoms with Gasteiger partial charge in [-0.05, 0) is 55.8 Å². The normalized spacial score (nSPS) is 14.2. The fourth-order valence-electron chi connectivity index (χ4n) is 3.44. The smallest absolute Gasteiger partial charge is 0.313 e. The van der Waals surface area contributed by atoms with Crippen LogP contribution in [0, 0.1) is 0 Å². The van der Waals surface area contributed by atoms with Gasteiger partial charge in [-0.1, -0.05) is 23.7 Å². The highest BCUT2D eigenvalue weighted by Gasteiger charge is 2.15. The molecule has 2 aromatic rings. The van der Waals surface area contributed by atoms with Gasteiger partial charge in [0.15, 0.2) is 0 Å². The minimum atomic E-state index is -0.724. The van der Waals surface area contributed by atoms with Gasteiger partial charge < -0.3 is 25.2 Å². The van der Waals surface area contributed by atoms with Gasteiger partial charge in [0.1, 0.15) is 5.75 Å². The maximum atomic E-state index is 12.0. The molecule has 0 saturated carbocycles. The summed E-state index contributed by atoms with van der Waals surface area (Å²) in [6.07, 6.45) is 1.58. The number of amides is 2. The molecule has 0 spiro atoms. The van der Waals surface area contributed by atoms with Gasteiger partial charge in [0.05, 0.1) is 12.1 Å². The van der Waals surface area contributed by atoms with Crippen LogP contribution in [0.15, 0.2) is 42.5 Å². The van der Waals surface area contributed by atoms with E-state index in [-0.39, 0.29) is 0 Å². The van der Waals surface area contributed by atoms with Gasteiger partial charge in [-0.25, -0.2) is 0 Å². The number of ether oxygens (including phenoxy) is 1. The lowest BCUT2D eigenvalue weighted by Crippen LogP contribution is -2.44. The van der Waals surface area contributed by atoms with Gasteiger partial charge in [-0.2, -0.15) is 0 Å². The SMILES string of the molecule is COc1ccc(NC(=O)C(=O)NCCCc2ccc(N3CCN(C)CC3)cc2)cc1Cl. The van der Waals surface area contributed by atoms with E-state index in [1.165, 1.54) is 24.4 Å². The van der Waals surface area contributed by atoms with Crippen LogP contribution >= 0.6 is 11.6 Å². The molecule has 2 aromatic carbocycles. The number of nitrogens with one attached hydrogen (secondary N) is 2. The zero-order valence-corrected chi connectivity index (χ0v) is 18.7. The highest BCUT2D eigenvalue weighted by atomic mass is 35.5. The van der Waals surface area contributed by atoms with Crippen LogP contribution in [-0.4, -0.2) is 63.6 Å². The molecule has 1 aliphatic rings. The summed E-state index contributed by atoms with van der Waals surface area (Å²) in [5, 5.41) is 5.55. The van der Waals surface area contributed by atoms with Crippen molar-refractivity contribution in [1.82, 2.24) is 10.2 Å². The third-order valence-electron chi connectivity index (χ3n) is 5.35. The number of hydrogen-bond acceptors (Lipinski definition) is 5. The molecule has 2 amide bonds. The summed E-state index contributed by atoms with van der Waals surface area (Å²) in [5.41, 5.74) is 2.90. The van der Waals surface area contributed by atoms with Crippen molar-refractivity contribution in [2.75, 3.05) is 57.1 Å². The lowest BCUT2D eigenvalue weighted by atomic mass is 10.1. The molecular weight excluding hydrogens is 416 g/mol. The summed E-state index contributed by atoms with van der Waals surface area (Å²) >= 11 is 6.03. The van der Waals surface area contributed by atoms with Gasteiger partial charge in [-0.15, -0.1) is 0 Å². The van der Waals surface area contributed by atoms with Gasteiger partial charge in [0, 0.05) is 44.1 Å². The number of nitrogens with zero attached hydrogens (tertiary/aromatic N) is 2. The standard InChI is InChI=1S/C23H29ClN4O3/c1-27-12-14-28(15-13-27)19-8-5-17(6-9-19)4-3-11-25-22(29)23(30)26-18-7-10-21(31-2)20(24)16-18/h5-10,16H,3-4,11-15H2,1-2H3,(H,25,29)(H,26,30). The van der Waals surface area contributed by atoms with Crippen molar-refractivity contribution >= 4 is 34.8 Å². The maximum absolute atomic E-state index is 12.0. The van der Waals surface area contributed by atoms with Gasteiger partial charge in [0.2, 0.25) is 0 Å². The average molecular weight is 445 g/mol. The Hall–Kier alpha value is -2.77. The van der Waals surface area contributed by atoms with Crippen LogP contribution in [0.1, 0.15) is 12.0 Å². The molecule has 0 atom stereocenters. The summed E-state index contributed by atoms with van der Waals surface area (Å²) in [5.74, 6) is -0.893. The van der Waals surface area contributed by atoms with Crippen LogP contribution in [0.4, 0.5) is 11.4 Å². The van der Waals surface area contributed by atoms with Gasteiger partial charge >= 0.3 is 11.8 Å². The van der Waals surface area contributed by atoms with Gasteiger partial charge in [0.25, 0.3) is 0 Å². The van der Waals surface area contributed by atoms with E-state index in [9.17, 15) is 9.59 Å². The second-order valence-electron chi connectivity index (χ2n) is 7.62. The van der Waals surface area contributed by atoms with Crippen molar-refractivity contribution in [2.45, 2.75) is 12.8 Å². The Kier molecular flexibility index (Phi) is 8.14. The van der Waals surface area contributed by atoms with E-state index >= 15 is 0 Å². The molecule has 31 heavy (non-hydrogen) atoms. The fraction of sp³-hybridized carbons (Fsp3) is 0.391. The number of carbonyl (C=O) groups excluding carboxylic acids is 2. The minimum Gasteiger partial charge on any atom is -0.495 e. The van der Waals surface area contributed by atoms with E-state index in [1.54, 1.807) is 12.1 Å². The third-order valence-corrected chi connectivity index (χ3v) is 5.64. The first-order valence-electron chi connectivity index (χ1n) is 10.4. The average Bonchev–Trinajstić information content (AvgIpc) is 2.77. The van der Waals surface area contributed by atoms with E-state index in [4.69, 9.17) is 16.3 Å². The second-order valence-corrected chi connectivity index (χ2v) is 8.03. The van der Waals surface area contributed by atoms with Crippen LogP contribution in [0.2, 0.25) is 5.02 Å². The number of halogens is 1.